The van der Waals surface area contributed by atoms with Crippen LogP contribution in [0.3, 0.4) is 0 Å². The topological polar surface area (TPSA) is 78.8 Å². The Bertz CT molecular complexity index is 1270. The molecular formula is C29H27NO4. The van der Waals surface area contributed by atoms with E-state index in [0.717, 1.165) is 21.9 Å². The summed E-state index contributed by atoms with van der Waals surface area (Å²) in [5, 5.41) is 25.8. The second kappa shape index (κ2) is 9.67. The van der Waals surface area contributed by atoms with E-state index in [2.05, 4.69) is 29.6 Å². The minimum Gasteiger partial charge on any atom is -0.449 e. The summed E-state index contributed by atoms with van der Waals surface area (Å²) in [6.07, 6.45) is -2.39. The van der Waals surface area contributed by atoms with E-state index in [1.54, 1.807) is 0 Å². The average molecular weight is 454 g/mol. The van der Waals surface area contributed by atoms with Crippen LogP contribution < -0.4 is 5.32 Å². The van der Waals surface area contributed by atoms with Gasteiger partial charge in [-0.1, -0.05) is 91.0 Å². The predicted octanol–water partition coefficient (Wildman–Crippen LogP) is 5.16. The molecule has 5 nitrogen and oxygen atoms in total. The van der Waals surface area contributed by atoms with Crippen LogP contribution in [0.25, 0.3) is 21.9 Å². The van der Waals surface area contributed by atoms with Gasteiger partial charge in [0.2, 0.25) is 0 Å². The molecule has 1 amide bonds. The van der Waals surface area contributed by atoms with Gasteiger partial charge >= 0.3 is 6.09 Å². The van der Waals surface area contributed by atoms with Crippen LogP contribution in [-0.4, -0.2) is 35.6 Å². The fraction of sp³-hybridized carbons (Fsp3) is 0.207. The van der Waals surface area contributed by atoms with E-state index >= 15 is 0 Å². The number of carbonyl (C=O) groups is 1. The lowest BCUT2D eigenvalue weighted by molar-refractivity contribution is 0.0145. The number of aliphatic hydroxyl groups is 2. The highest BCUT2D eigenvalue weighted by Crippen LogP contribution is 2.44. The molecule has 172 valence electrons. The zero-order chi connectivity index (χ0) is 23.5. The maximum Gasteiger partial charge on any atom is 0.407 e. The Kier molecular flexibility index (Phi) is 6.30. The van der Waals surface area contributed by atoms with Crippen LogP contribution in [0.2, 0.25) is 0 Å². The summed E-state index contributed by atoms with van der Waals surface area (Å²) in [5.74, 6) is -0.00285. The first-order valence-corrected chi connectivity index (χ1v) is 11.6. The van der Waals surface area contributed by atoms with Gasteiger partial charge < -0.3 is 20.3 Å². The Morgan fingerprint density at radius 3 is 2.18 bits per heavy atom. The first kappa shape index (κ1) is 22.1. The maximum absolute atomic E-state index is 12.3. The second-order valence-electron chi connectivity index (χ2n) is 8.62. The van der Waals surface area contributed by atoms with Gasteiger partial charge in [-0.25, -0.2) is 4.79 Å². The Balaban J connectivity index is 1.15. The lowest BCUT2D eigenvalue weighted by atomic mass is 9.96. The predicted molar refractivity (Wildman–Crippen MR) is 133 cm³/mol. The number of rotatable bonds is 7. The first-order chi connectivity index (χ1) is 16.6. The first-order valence-electron chi connectivity index (χ1n) is 11.6. The number of hydrogen-bond donors (Lipinski definition) is 3. The van der Waals surface area contributed by atoms with Crippen LogP contribution in [0.15, 0.2) is 91.0 Å². The lowest BCUT2D eigenvalue weighted by Gasteiger charge is -2.20. The highest BCUT2D eigenvalue weighted by Gasteiger charge is 2.29. The molecule has 2 atom stereocenters. The number of carbonyl (C=O) groups excluding carboxylic acids is 1. The summed E-state index contributed by atoms with van der Waals surface area (Å²) in [6.45, 7) is 0.431. The SMILES string of the molecule is O=C(NCCC(O)C(O)c1cccc2ccccc12)OCC1c2ccccc2-c2ccccc21. The Morgan fingerprint density at radius 1 is 0.824 bits per heavy atom. The van der Waals surface area contributed by atoms with Gasteiger partial charge in [-0.2, -0.15) is 0 Å². The van der Waals surface area contributed by atoms with E-state index in [4.69, 9.17) is 4.74 Å². The highest BCUT2D eigenvalue weighted by atomic mass is 16.5. The van der Waals surface area contributed by atoms with E-state index in [0.29, 0.717) is 5.56 Å². The zero-order valence-corrected chi connectivity index (χ0v) is 18.7. The quantitative estimate of drug-likeness (QED) is 0.361. The van der Waals surface area contributed by atoms with Crippen molar-refractivity contribution in [1.82, 2.24) is 5.32 Å². The summed E-state index contributed by atoms with van der Waals surface area (Å²) in [4.78, 5) is 12.3. The monoisotopic (exact) mass is 453 g/mol. The van der Waals surface area contributed by atoms with Gasteiger partial charge in [-0.05, 0) is 45.0 Å². The number of fused-ring (bicyclic) bond motifs is 4. The molecule has 0 radical (unpaired) electrons. The van der Waals surface area contributed by atoms with Crippen LogP contribution >= 0.6 is 0 Å². The summed E-state index contributed by atoms with van der Waals surface area (Å²) in [7, 11) is 0. The molecular weight excluding hydrogens is 426 g/mol. The minimum atomic E-state index is -1.05. The van der Waals surface area contributed by atoms with Crippen molar-refractivity contribution in [2.75, 3.05) is 13.2 Å². The maximum atomic E-state index is 12.3. The second-order valence-corrected chi connectivity index (χ2v) is 8.62. The Morgan fingerprint density at radius 2 is 1.44 bits per heavy atom. The van der Waals surface area contributed by atoms with Crippen LogP contribution in [0, 0.1) is 0 Å². The molecule has 0 aromatic heterocycles. The molecule has 0 aliphatic heterocycles. The largest absolute Gasteiger partial charge is 0.449 e. The summed E-state index contributed by atoms with van der Waals surface area (Å²) in [6, 6.07) is 29.8. The van der Waals surface area contributed by atoms with E-state index in [-0.39, 0.29) is 25.5 Å². The van der Waals surface area contributed by atoms with E-state index in [9.17, 15) is 15.0 Å². The van der Waals surface area contributed by atoms with Crippen molar-refractivity contribution in [3.63, 3.8) is 0 Å². The molecule has 0 heterocycles. The average Bonchev–Trinajstić information content (AvgIpc) is 3.20. The molecule has 34 heavy (non-hydrogen) atoms. The van der Waals surface area contributed by atoms with Crippen molar-refractivity contribution in [1.29, 1.82) is 0 Å². The van der Waals surface area contributed by atoms with Gasteiger partial charge in [0.05, 0.1) is 6.10 Å². The molecule has 5 heteroatoms. The van der Waals surface area contributed by atoms with Crippen LogP contribution in [0.5, 0.6) is 0 Å². The van der Waals surface area contributed by atoms with Gasteiger partial charge in [0.25, 0.3) is 0 Å². The van der Waals surface area contributed by atoms with Crippen molar-refractivity contribution < 1.29 is 19.7 Å². The van der Waals surface area contributed by atoms with Crippen LogP contribution in [0.4, 0.5) is 4.79 Å². The summed E-state index contributed by atoms with van der Waals surface area (Å²) < 4.78 is 5.53. The number of benzene rings is 4. The lowest BCUT2D eigenvalue weighted by Crippen LogP contribution is -2.30. The standard InChI is InChI=1S/C29H27NO4/c31-27(28(32)25-15-7-9-19-8-1-2-10-20(19)25)16-17-30-29(33)34-18-26-23-13-5-3-11-21(23)22-12-4-6-14-24(22)26/h1-15,26-28,31-32H,16-18H2,(H,30,33). The molecule has 3 N–H and O–H groups in total. The molecule has 0 fully saturated rings. The fourth-order valence-corrected chi connectivity index (χ4v) is 4.85. The highest BCUT2D eigenvalue weighted by molar-refractivity contribution is 5.86. The molecule has 4 aromatic rings. The smallest absolute Gasteiger partial charge is 0.407 e. The summed E-state index contributed by atoms with van der Waals surface area (Å²) in [5.41, 5.74) is 5.34. The Labute approximate surface area is 198 Å². The molecule has 0 bridgehead atoms. The molecule has 2 unspecified atom stereocenters. The molecule has 1 aliphatic rings. The molecule has 1 aliphatic carbocycles. The fourth-order valence-electron chi connectivity index (χ4n) is 4.85. The van der Waals surface area contributed by atoms with E-state index < -0.39 is 18.3 Å². The van der Waals surface area contributed by atoms with Crippen molar-refractivity contribution in [3.8, 4) is 11.1 Å². The number of amides is 1. The molecule has 0 saturated heterocycles. The number of ether oxygens (including phenoxy) is 1. The third kappa shape index (κ3) is 4.28. The summed E-state index contributed by atoms with van der Waals surface area (Å²) >= 11 is 0. The van der Waals surface area contributed by atoms with Crippen LogP contribution in [0.1, 0.15) is 35.1 Å². The number of nitrogens with one attached hydrogen (secondary N) is 1. The number of aliphatic hydroxyl groups excluding tert-OH is 2. The van der Waals surface area contributed by atoms with Gasteiger partial charge in [0.1, 0.15) is 12.7 Å². The molecule has 4 aromatic carbocycles. The minimum absolute atomic E-state index is 0.00285. The normalized spacial score (nSPS) is 14.3. The van der Waals surface area contributed by atoms with Gasteiger partial charge in [0.15, 0.2) is 0 Å². The zero-order valence-electron chi connectivity index (χ0n) is 18.7. The third-order valence-corrected chi connectivity index (χ3v) is 6.56. The van der Waals surface area contributed by atoms with Gasteiger partial charge in [-0.15, -0.1) is 0 Å². The van der Waals surface area contributed by atoms with E-state index in [1.165, 1.54) is 11.1 Å². The van der Waals surface area contributed by atoms with Crippen molar-refractivity contribution in [2.45, 2.75) is 24.5 Å². The van der Waals surface area contributed by atoms with Crippen molar-refractivity contribution in [3.05, 3.63) is 108 Å². The number of hydrogen-bond acceptors (Lipinski definition) is 4. The van der Waals surface area contributed by atoms with Crippen molar-refractivity contribution in [2.24, 2.45) is 0 Å². The van der Waals surface area contributed by atoms with Gasteiger partial charge in [-0.3, -0.25) is 0 Å². The van der Waals surface area contributed by atoms with Gasteiger partial charge in [0, 0.05) is 12.5 Å². The molecule has 0 saturated carbocycles. The molecule has 5 rings (SSSR count). The molecule has 0 spiro atoms. The Hall–Kier alpha value is -3.67. The van der Waals surface area contributed by atoms with Crippen molar-refractivity contribution >= 4 is 16.9 Å². The number of alkyl carbamates (subject to hydrolysis) is 1. The third-order valence-electron chi connectivity index (χ3n) is 6.56. The van der Waals surface area contributed by atoms with E-state index in [1.807, 2.05) is 66.7 Å². The van der Waals surface area contributed by atoms with Crippen LogP contribution in [-0.2, 0) is 4.74 Å².